The van der Waals surface area contributed by atoms with Crippen LogP contribution in [-0.2, 0) is 5.60 Å². The average molecular weight is 283 g/mol. The first-order chi connectivity index (χ1) is 9.33. The van der Waals surface area contributed by atoms with Crippen LogP contribution in [0.25, 0.3) is 0 Å². The molecule has 0 fully saturated rings. The highest BCUT2D eigenvalue weighted by molar-refractivity contribution is 5.73. The Morgan fingerprint density at radius 3 is 2.75 bits per heavy atom. The zero-order valence-electron chi connectivity index (χ0n) is 12.6. The van der Waals surface area contributed by atoms with Gasteiger partial charge in [-0.1, -0.05) is 0 Å². The first-order valence-electron chi connectivity index (χ1n) is 6.81. The van der Waals surface area contributed by atoms with Crippen LogP contribution in [0.5, 0.6) is 0 Å². The Hall–Kier alpha value is -1.53. The van der Waals surface area contributed by atoms with E-state index in [0.29, 0.717) is 18.3 Å². The smallest absolute Gasteiger partial charge is 0.314 e. The van der Waals surface area contributed by atoms with Crippen molar-refractivity contribution < 1.29 is 14.3 Å². The van der Waals surface area contributed by atoms with Gasteiger partial charge in [0.1, 0.15) is 11.4 Å². The fourth-order valence-electron chi connectivity index (χ4n) is 1.59. The fraction of sp³-hybridized carbons (Fsp3) is 0.643. The van der Waals surface area contributed by atoms with Crippen molar-refractivity contribution in [2.45, 2.75) is 32.4 Å². The largest absolute Gasteiger partial charge is 0.466 e. The summed E-state index contributed by atoms with van der Waals surface area (Å²) in [4.78, 5) is 13.8. The van der Waals surface area contributed by atoms with Gasteiger partial charge in [-0.25, -0.2) is 4.79 Å². The molecule has 1 aromatic heterocycles. The van der Waals surface area contributed by atoms with Crippen molar-refractivity contribution in [2.75, 3.05) is 26.7 Å². The third kappa shape index (κ3) is 5.22. The Bertz CT molecular complexity index is 402. The maximum absolute atomic E-state index is 11.6. The summed E-state index contributed by atoms with van der Waals surface area (Å²) in [6.07, 6.45) is 1.49. The average Bonchev–Trinajstić information content (AvgIpc) is 2.90. The summed E-state index contributed by atoms with van der Waals surface area (Å²) in [6, 6.07) is 3.52. The lowest BCUT2D eigenvalue weighted by Gasteiger charge is -2.23. The SMILES string of the molecule is CC(C)N(C)CCNC(=O)NCC(C)(O)c1ccco1. The van der Waals surface area contributed by atoms with E-state index in [2.05, 4.69) is 29.4 Å². The van der Waals surface area contributed by atoms with Gasteiger partial charge in [0.05, 0.1) is 12.8 Å². The molecule has 0 saturated heterocycles. The van der Waals surface area contributed by atoms with Crippen LogP contribution in [0.3, 0.4) is 0 Å². The van der Waals surface area contributed by atoms with E-state index in [0.717, 1.165) is 6.54 Å². The molecule has 0 radical (unpaired) electrons. The molecule has 0 bridgehead atoms. The fourth-order valence-corrected chi connectivity index (χ4v) is 1.59. The molecule has 0 aliphatic heterocycles. The summed E-state index contributed by atoms with van der Waals surface area (Å²) in [5.41, 5.74) is -1.21. The van der Waals surface area contributed by atoms with E-state index in [1.54, 1.807) is 19.1 Å². The number of aliphatic hydroxyl groups is 1. The third-order valence-corrected chi connectivity index (χ3v) is 3.28. The van der Waals surface area contributed by atoms with Crippen LogP contribution in [-0.4, -0.2) is 48.8 Å². The van der Waals surface area contributed by atoms with Gasteiger partial charge >= 0.3 is 6.03 Å². The number of rotatable bonds is 7. The van der Waals surface area contributed by atoms with E-state index >= 15 is 0 Å². The number of likely N-dealkylation sites (N-methyl/N-ethyl adjacent to an activating group) is 1. The number of furan rings is 1. The molecule has 6 heteroatoms. The molecule has 3 N–H and O–H groups in total. The van der Waals surface area contributed by atoms with Crippen molar-refractivity contribution in [3.05, 3.63) is 24.2 Å². The molecule has 1 atom stereocenters. The van der Waals surface area contributed by atoms with Crippen LogP contribution in [0.2, 0.25) is 0 Å². The van der Waals surface area contributed by atoms with Gasteiger partial charge in [0.2, 0.25) is 0 Å². The molecule has 2 amide bonds. The maximum Gasteiger partial charge on any atom is 0.314 e. The Morgan fingerprint density at radius 1 is 1.50 bits per heavy atom. The van der Waals surface area contributed by atoms with Crippen LogP contribution in [0.1, 0.15) is 26.5 Å². The zero-order chi connectivity index (χ0) is 15.2. The number of hydrogen-bond acceptors (Lipinski definition) is 4. The first-order valence-corrected chi connectivity index (χ1v) is 6.81. The number of carbonyl (C=O) groups is 1. The quantitative estimate of drug-likeness (QED) is 0.701. The van der Waals surface area contributed by atoms with Crippen molar-refractivity contribution in [2.24, 2.45) is 0 Å². The number of nitrogens with zero attached hydrogens (tertiary/aromatic N) is 1. The topological polar surface area (TPSA) is 77.7 Å². The summed E-state index contributed by atoms with van der Waals surface area (Å²) in [6.45, 7) is 7.22. The highest BCUT2D eigenvalue weighted by Crippen LogP contribution is 2.19. The van der Waals surface area contributed by atoms with Gasteiger partial charge in [0, 0.05) is 19.1 Å². The van der Waals surface area contributed by atoms with Gasteiger partial charge in [0.25, 0.3) is 0 Å². The van der Waals surface area contributed by atoms with Gasteiger partial charge in [0.15, 0.2) is 0 Å². The molecule has 0 saturated carbocycles. The van der Waals surface area contributed by atoms with E-state index in [9.17, 15) is 9.90 Å². The van der Waals surface area contributed by atoms with E-state index in [1.165, 1.54) is 6.26 Å². The van der Waals surface area contributed by atoms with Crippen molar-refractivity contribution in [3.8, 4) is 0 Å². The van der Waals surface area contributed by atoms with Gasteiger partial charge in [-0.3, -0.25) is 0 Å². The molecule has 1 unspecified atom stereocenters. The highest BCUT2D eigenvalue weighted by atomic mass is 16.4. The van der Waals surface area contributed by atoms with Crippen molar-refractivity contribution in [3.63, 3.8) is 0 Å². The van der Waals surface area contributed by atoms with Crippen LogP contribution in [0.4, 0.5) is 4.79 Å². The van der Waals surface area contributed by atoms with Crippen LogP contribution in [0, 0.1) is 0 Å². The van der Waals surface area contributed by atoms with Gasteiger partial charge in [-0.05, 0) is 40.0 Å². The predicted molar refractivity (Wildman–Crippen MR) is 77.4 cm³/mol. The minimum absolute atomic E-state index is 0.0896. The number of nitrogens with one attached hydrogen (secondary N) is 2. The number of amides is 2. The van der Waals surface area contributed by atoms with Crippen molar-refractivity contribution in [1.82, 2.24) is 15.5 Å². The van der Waals surface area contributed by atoms with Gasteiger partial charge in [-0.15, -0.1) is 0 Å². The molecule has 1 rings (SSSR count). The second kappa shape index (κ2) is 7.31. The minimum Gasteiger partial charge on any atom is -0.466 e. The molecule has 20 heavy (non-hydrogen) atoms. The van der Waals surface area contributed by atoms with Crippen molar-refractivity contribution in [1.29, 1.82) is 0 Å². The Kier molecular flexibility index (Phi) is 6.04. The second-order valence-electron chi connectivity index (χ2n) is 5.43. The summed E-state index contributed by atoms with van der Waals surface area (Å²) in [7, 11) is 2.01. The lowest BCUT2D eigenvalue weighted by atomic mass is 10.0. The molecule has 114 valence electrons. The van der Waals surface area contributed by atoms with E-state index in [1.807, 2.05) is 7.05 Å². The van der Waals surface area contributed by atoms with Crippen molar-refractivity contribution >= 4 is 6.03 Å². The molecule has 0 aliphatic carbocycles. The van der Waals surface area contributed by atoms with Crippen LogP contribution in [0.15, 0.2) is 22.8 Å². The summed E-state index contributed by atoms with van der Waals surface area (Å²) in [5.74, 6) is 0.428. The minimum atomic E-state index is -1.21. The number of carbonyl (C=O) groups excluding carboxylic acids is 1. The molecule has 0 aliphatic rings. The van der Waals surface area contributed by atoms with E-state index < -0.39 is 5.60 Å². The molecule has 1 aromatic rings. The third-order valence-electron chi connectivity index (χ3n) is 3.28. The second-order valence-corrected chi connectivity index (χ2v) is 5.43. The summed E-state index contributed by atoms with van der Waals surface area (Å²) < 4.78 is 5.14. The molecular formula is C14H25N3O3. The summed E-state index contributed by atoms with van der Waals surface area (Å²) >= 11 is 0. The number of hydrogen-bond donors (Lipinski definition) is 3. The van der Waals surface area contributed by atoms with Crippen LogP contribution >= 0.6 is 0 Å². The van der Waals surface area contributed by atoms with Gasteiger partial charge < -0.3 is 25.1 Å². The monoisotopic (exact) mass is 283 g/mol. The molecule has 0 spiro atoms. The molecule has 6 nitrogen and oxygen atoms in total. The lowest BCUT2D eigenvalue weighted by Crippen LogP contribution is -2.45. The van der Waals surface area contributed by atoms with E-state index in [-0.39, 0.29) is 12.6 Å². The lowest BCUT2D eigenvalue weighted by molar-refractivity contribution is 0.0367. The Morgan fingerprint density at radius 2 is 2.20 bits per heavy atom. The highest BCUT2D eigenvalue weighted by Gasteiger charge is 2.26. The normalized spacial score (nSPS) is 14.3. The molecular weight excluding hydrogens is 258 g/mol. The maximum atomic E-state index is 11.6. The van der Waals surface area contributed by atoms with Gasteiger partial charge in [-0.2, -0.15) is 0 Å². The Balaban J connectivity index is 2.26. The molecule has 1 heterocycles. The first kappa shape index (κ1) is 16.5. The van der Waals surface area contributed by atoms with E-state index in [4.69, 9.17) is 4.42 Å². The standard InChI is InChI=1S/C14H25N3O3/c1-11(2)17(4)8-7-15-13(18)16-10-14(3,19)12-6-5-9-20-12/h5-6,9,11,19H,7-8,10H2,1-4H3,(H2,15,16,18). The Labute approximate surface area is 120 Å². The predicted octanol–water partition coefficient (Wildman–Crippen LogP) is 1.13. The number of urea groups is 1. The zero-order valence-corrected chi connectivity index (χ0v) is 12.6. The van der Waals surface area contributed by atoms with Crippen LogP contribution < -0.4 is 10.6 Å². The summed E-state index contributed by atoms with van der Waals surface area (Å²) in [5, 5.41) is 15.6. The molecule has 0 aromatic carbocycles.